The molecule has 0 heteroatoms. The number of fused-ring (bicyclic) bond motifs is 7. The monoisotopic (exact) mass is 342 g/mol. The van der Waals surface area contributed by atoms with Crippen molar-refractivity contribution in [2.45, 2.75) is 59.3 Å². The molecular formula is C26H30. The summed E-state index contributed by atoms with van der Waals surface area (Å²) in [6.45, 7) is 9.77. The van der Waals surface area contributed by atoms with Crippen LogP contribution in [-0.2, 0) is 6.42 Å². The van der Waals surface area contributed by atoms with Gasteiger partial charge in [0, 0.05) is 0 Å². The van der Waals surface area contributed by atoms with Crippen LogP contribution < -0.4 is 0 Å². The second-order valence-corrected chi connectivity index (χ2v) is 9.47. The number of aryl methyl sites for hydroxylation is 2. The minimum absolute atomic E-state index is 0.500. The highest BCUT2D eigenvalue weighted by Gasteiger charge is 2.46. The first-order chi connectivity index (χ1) is 12.5. The van der Waals surface area contributed by atoms with Gasteiger partial charge in [-0.05, 0) is 94.0 Å². The van der Waals surface area contributed by atoms with Crippen LogP contribution >= 0.6 is 0 Å². The Morgan fingerprint density at radius 2 is 1.58 bits per heavy atom. The lowest BCUT2D eigenvalue weighted by Gasteiger charge is -2.52. The highest BCUT2D eigenvalue weighted by molar-refractivity contribution is 6.09. The number of benzene rings is 3. The SMILES string of the molecule is Cc1cccc2c1ccc1c3c(ccc12)C1C(C)C(C)CCC1(C)CC3. The van der Waals surface area contributed by atoms with Gasteiger partial charge in [0.25, 0.3) is 0 Å². The van der Waals surface area contributed by atoms with Crippen molar-refractivity contribution in [3.8, 4) is 0 Å². The van der Waals surface area contributed by atoms with Crippen molar-refractivity contribution in [3.63, 3.8) is 0 Å². The Labute approximate surface area is 157 Å². The van der Waals surface area contributed by atoms with E-state index in [-0.39, 0.29) is 0 Å². The van der Waals surface area contributed by atoms with Gasteiger partial charge in [0.15, 0.2) is 0 Å². The third-order valence-corrected chi connectivity index (χ3v) is 8.05. The number of rotatable bonds is 0. The van der Waals surface area contributed by atoms with Crippen LogP contribution in [0.2, 0.25) is 0 Å². The molecule has 134 valence electrons. The van der Waals surface area contributed by atoms with Gasteiger partial charge >= 0.3 is 0 Å². The first kappa shape index (κ1) is 16.4. The average Bonchev–Trinajstić information content (AvgIpc) is 2.64. The second kappa shape index (κ2) is 5.59. The Morgan fingerprint density at radius 3 is 2.42 bits per heavy atom. The molecule has 5 rings (SSSR count). The summed E-state index contributed by atoms with van der Waals surface area (Å²) in [5.74, 6) is 2.36. The Bertz CT molecular complexity index is 1010. The predicted octanol–water partition coefficient (Wildman–Crippen LogP) is 7.40. The van der Waals surface area contributed by atoms with E-state index in [0.29, 0.717) is 5.41 Å². The average molecular weight is 343 g/mol. The Balaban J connectivity index is 1.77. The van der Waals surface area contributed by atoms with Crippen molar-refractivity contribution in [3.05, 3.63) is 59.2 Å². The van der Waals surface area contributed by atoms with Crippen LogP contribution in [0.4, 0.5) is 0 Å². The van der Waals surface area contributed by atoms with E-state index in [1.807, 2.05) is 0 Å². The molecular weight excluding hydrogens is 312 g/mol. The fourth-order valence-corrected chi connectivity index (χ4v) is 6.27. The molecule has 0 spiro atoms. The predicted molar refractivity (Wildman–Crippen MR) is 113 cm³/mol. The quantitative estimate of drug-likeness (QED) is 0.373. The summed E-state index contributed by atoms with van der Waals surface area (Å²) < 4.78 is 0. The standard InChI is InChI=1S/C26H30/c1-16-12-14-26(4)15-13-23-22-9-8-19-17(2)6-5-7-20(19)21(22)10-11-24(23)25(26)18(16)3/h5-11,16,18,25H,12-15H2,1-4H3. The van der Waals surface area contributed by atoms with Gasteiger partial charge in [0.1, 0.15) is 0 Å². The fraction of sp³-hybridized carbons (Fsp3) is 0.462. The summed E-state index contributed by atoms with van der Waals surface area (Å²) in [7, 11) is 0. The molecule has 0 radical (unpaired) electrons. The summed E-state index contributed by atoms with van der Waals surface area (Å²) in [6, 6.07) is 16.4. The molecule has 3 aromatic rings. The summed E-state index contributed by atoms with van der Waals surface area (Å²) in [6.07, 6.45) is 5.41. The summed E-state index contributed by atoms with van der Waals surface area (Å²) >= 11 is 0. The molecule has 0 N–H and O–H groups in total. The lowest BCUT2D eigenvalue weighted by atomic mass is 9.53. The van der Waals surface area contributed by atoms with Gasteiger partial charge in [-0.2, -0.15) is 0 Å². The largest absolute Gasteiger partial charge is 0.0622 e. The Morgan fingerprint density at radius 1 is 0.846 bits per heavy atom. The fourth-order valence-electron chi connectivity index (χ4n) is 6.27. The van der Waals surface area contributed by atoms with Crippen LogP contribution in [0.15, 0.2) is 42.5 Å². The van der Waals surface area contributed by atoms with Gasteiger partial charge in [-0.1, -0.05) is 63.2 Å². The zero-order valence-electron chi connectivity index (χ0n) is 16.6. The maximum absolute atomic E-state index is 2.57. The van der Waals surface area contributed by atoms with E-state index in [9.17, 15) is 0 Å². The van der Waals surface area contributed by atoms with E-state index < -0.39 is 0 Å². The van der Waals surface area contributed by atoms with Crippen molar-refractivity contribution >= 4 is 21.5 Å². The topological polar surface area (TPSA) is 0 Å². The maximum Gasteiger partial charge on any atom is -0.00767 e. The molecule has 1 saturated carbocycles. The van der Waals surface area contributed by atoms with E-state index in [1.165, 1.54) is 52.8 Å². The second-order valence-electron chi connectivity index (χ2n) is 9.47. The Hall–Kier alpha value is -1.82. The first-order valence-corrected chi connectivity index (χ1v) is 10.4. The summed E-state index contributed by atoms with van der Waals surface area (Å²) in [4.78, 5) is 0. The molecule has 1 fully saturated rings. The molecule has 0 bridgehead atoms. The van der Waals surface area contributed by atoms with Crippen molar-refractivity contribution < 1.29 is 0 Å². The molecule has 4 atom stereocenters. The molecule has 2 aliphatic carbocycles. The van der Waals surface area contributed by atoms with Gasteiger partial charge in [-0.3, -0.25) is 0 Å². The lowest BCUT2D eigenvalue weighted by Crippen LogP contribution is -2.41. The van der Waals surface area contributed by atoms with Crippen molar-refractivity contribution in [1.29, 1.82) is 0 Å². The first-order valence-electron chi connectivity index (χ1n) is 10.4. The van der Waals surface area contributed by atoms with Crippen LogP contribution in [-0.4, -0.2) is 0 Å². The van der Waals surface area contributed by atoms with Gasteiger partial charge in [-0.15, -0.1) is 0 Å². The minimum atomic E-state index is 0.500. The number of hydrogen-bond acceptors (Lipinski definition) is 0. The van der Waals surface area contributed by atoms with Crippen LogP contribution in [0.25, 0.3) is 21.5 Å². The van der Waals surface area contributed by atoms with Gasteiger partial charge in [0.2, 0.25) is 0 Å². The molecule has 3 aromatic carbocycles. The number of hydrogen-bond donors (Lipinski definition) is 0. The van der Waals surface area contributed by atoms with E-state index in [2.05, 4.69) is 70.2 Å². The van der Waals surface area contributed by atoms with E-state index in [0.717, 1.165) is 17.8 Å². The molecule has 0 saturated heterocycles. The van der Waals surface area contributed by atoms with Gasteiger partial charge in [0.05, 0.1) is 0 Å². The smallest absolute Gasteiger partial charge is 0.00767 e. The minimum Gasteiger partial charge on any atom is -0.0622 e. The molecule has 4 unspecified atom stereocenters. The van der Waals surface area contributed by atoms with E-state index >= 15 is 0 Å². The van der Waals surface area contributed by atoms with E-state index in [1.54, 1.807) is 11.1 Å². The van der Waals surface area contributed by atoms with Crippen LogP contribution in [0.1, 0.15) is 62.6 Å². The molecule has 0 amide bonds. The summed E-state index contributed by atoms with van der Waals surface area (Å²) in [5, 5.41) is 5.78. The third-order valence-electron chi connectivity index (χ3n) is 8.05. The van der Waals surface area contributed by atoms with Crippen molar-refractivity contribution in [2.24, 2.45) is 17.3 Å². The molecule has 0 nitrogen and oxygen atoms in total. The van der Waals surface area contributed by atoms with Gasteiger partial charge in [-0.25, -0.2) is 0 Å². The zero-order chi connectivity index (χ0) is 18.1. The maximum atomic E-state index is 2.57. The Kier molecular flexibility index (Phi) is 3.52. The van der Waals surface area contributed by atoms with Gasteiger partial charge < -0.3 is 0 Å². The molecule has 0 aromatic heterocycles. The summed E-state index contributed by atoms with van der Waals surface area (Å²) in [5.41, 5.74) is 5.19. The lowest BCUT2D eigenvalue weighted by molar-refractivity contribution is 0.0667. The highest BCUT2D eigenvalue weighted by Crippen LogP contribution is 2.58. The van der Waals surface area contributed by atoms with Crippen molar-refractivity contribution in [1.82, 2.24) is 0 Å². The van der Waals surface area contributed by atoms with Crippen LogP contribution in [0.3, 0.4) is 0 Å². The molecule has 0 aliphatic heterocycles. The van der Waals surface area contributed by atoms with E-state index in [4.69, 9.17) is 0 Å². The molecule has 26 heavy (non-hydrogen) atoms. The third kappa shape index (κ3) is 2.14. The van der Waals surface area contributed by atoms with Crippen LogP contribution in [0, 0.1) is 24.2 Å². The normalized spacial score (nSPS) is 31.0. The zero-order valence-corrected chi connectivity index (χ0v) is 16.6. The van der Waals surface area contributed by atoms with Crippen LogP contribution in [0.5, 0.6) is 0 Å². The highest BCUT2D eigenvalue weighted by atomic mass is 14.5. The molecule has 2 aliphatic rings. The molecule has 0 heterocycles. The van der Waals surface area contributed by atoms with Crippen molar-refractivity contribution in [2.75, 3.05) is 0 Å².